The number of nitrogens with zero attached hydrogens (tertiary/aromatic N) is 5. The molecule has 25 heteroatoms. The van der Waals surface area contributed by atoms with Crippen LogP contribution < -0.4 is 30.8 Å². The van der Waals surface area contributed by atoms with Crippen LogP contribution in [0.15, 0.2) is 112 Å². The highest BCUT2D eigenvalue weighted by Crippen LogP contribution is 2.43. The topological polar surface area (TPSA) is 152 Å². The van der Waals surface area contributed by atoms with Crippen LogP contribution in [0, 0.1) is 34.9 Å². The van der Waals surface area contributed by atoms with E-state index in [1.807, 2.05) is 0 Å². The third-order valence-corrected chi connectivity index (χ3v) is 10.1. The maximum absolute atomic E-state index is 14.2. The number of nitrogens with one attached hydrogen (secondary N) is 1. The first-order valence-electron chi connectivity index (χ1n) is 20.2. The molecule has 0 saturated heterocycles. The van der Waals surface area contributed by atoms with E-state index in [4.69, 9.17) is 18.9 Å². The van der Waals surface area contributed by atoms with Gasteiger partial charge in [-0.2, -0.15) is 36.3 Å². The first-order chi connectivity index (χ1) is 33.6. The van der Waals surface area contributed by atoms with Crippen molar-refractivity contribution in [1.29, 1.82) is 0 Å². The molecule has 0 amide bonds. The number of halogens is 12. The lowest BCUT2D eigenvalue weighted by Gasteiger charge is -2.17. The Morgan fingerprint density at radius 1 is 0.592 bits per heavy atom. The second kappa shape index (κ2) is 20.8. The van der Waals surface area contributed by atoms with Gasteiger partial charge >= 0.3 is 12.4 Å². The molecule has 13 nitrogen and oxygen atoms in total. The van der Waals surface area contributed by atoms with Gasteiger partial charge in [0, 0.05) is 74.0 Å². The minimum absolute atomic E-state index is 0.0448. The van der Waals surface area contributed by atoms with Crippen molar-refractivity contribution < 1.29 is 71.6 Å². The monoisotopic (exact) mass is 1010 g/mol. The largest absolute Gasteiger partial charge is 0.493 e. The first kappa shape index (κ1) is 50.7. The van der Waals surface area contributed by atoms with E-state index in [9.17, 15) is 67.1 Å². The molecular weight excluding hydrogens is 977 g/mol. The molecule has 0 aliphatic heterocycles. The predicted octanol–water partition coefficient (Wildman–Crippen LogP) is 9.84. The van der Waals surface area contributed by atoms with Crippen LogP contribution in [-0.4, -0.2) is 49.4 Å². The molecular formula is C46H30F12N6O7. The lowest BCUT2D eigenvalue weighted by atomic mass is 10.1. The average Bonchev–Trinajstić information content (AvgIpc) is 3.28. The number of ether oxygens (including phenoxy) is 4. The Morgan fingerprint density at radius 3 is 1.56 bits per heavy atom. The van der Waals surface area contributed by atoms with Gasteiger partial charge in [0.25, 0.3) is 11.1 Å². The number of aromatic amines is 1. The lowest BCUT2D eigenvalue weighted by molar-refractivity contribution is -0.141. The minimum atomic E-state index is -5.00. The van der Waals surface area contributed by atoms with Gasteiger partial charge in [-0.1, -0.05) is 0 Å². The van der Waals surface area contributed by atoms with Crippen molar-refractivity contribution in [2.75, 3.05) is 20.3 Å². The van der Waals surface area contributed by atoms with Gasteiger partial charge in [0.15, 0.2) is 16.6 Å². The van der Waals surface area contributed by atoms with Crippen molar-refractivity contribution in [2.24, 2.45) is 0 Å². The van der Waals surface area contributed by atoms with E-state index >= 15 is 0 Å². The van der Waals surface area contributed by atoms with Crippen LogP contribution in [-0.2, 0) is 30.2 Å². The number of aromatic nitrogens is 6. The molecule has 0 aliphatic carbocycles. The summed E-state index contributed by atoms with van der Waals surface area (Å²) >= 11 is 0. The molecule has 8 aromatic rings. The van der Waals surface area contributed by atoms with Crippen molar-refractivity contribution >= 4 is 21.8 Å². The van der Waals surface area contributed by atoms with Crippen molar-refractivity contribution in [3.05, 3.63) is 186 Å². The van der Waals surface area contributed by atoms with Crippen LogP contribution in [0.3, 0.4) is 0 Å². The summed E-state index contributed by atoms with van der Waals surface area (Å²) in [5.74, 6) is -9.34. The number of methoxy groups -OCH3 is 1. The fraction of sp³-hybridized carbons (Fsp3) is 0.174. The normalized spacial score (nSPS) is 11.7. The van der Waals surface area contributed by atoms with Crippen LogP contribution in [0.4, 0.5) is 52.7 Å². The Morgan fingerprint density at radius 2 is 1.08 bits per heavy atom. The molecule has 0 saturated carbocycles. The van der Waals surface area contributed by atoms with Crippen molar-refractivity contribution in [3.63, 3.8) is 0 Å². The molecule has 71 heavy (non-hydrogen) atoms. The van der Waals surface area contributed by atoms with Gasteiger partial charge in [-0.25, -0.2) is 31.3 Å². The number of benzene rings is 4. The Balaban J connectivity index is 0.000000211. The van der Waals surface area contributed by atoms with Gasteiger partial charge in [-0.3, -0.25) is 14.4 Å². The molecule has 4 aromatic carbocycles. The van der Waals surface area contributed by atoms with Crippen LogP contribution in [0.1, 0.15) is 28.7 Å². The number of H-pyrrole nitrogens is 1. The third kappa shape index (κ3) is 11.6. The van der Waals surface area contributed by atoms with E-state index in [1.165, 1.54) is 40.5 Å². The van der Waals surface area contributed by atoms with E-state index in [1.54, 1.807) is 0 Å². The Hall–Kier alpha value is -8.22. The minimum Gasteiger partial charge on any atom is -0.493 e. The van der Waals surface area contributed by atoms with Crippen LogP contribution in [0.2, 0.25) is 0 Å². The fourth-order valence-corrected chi connectivity index (χ4v) is 6.86. The highest BCUT2D eigenvalue weighted by atomic mass is 19.4. The van der Waals surface area contributed by atoms with Gasteiger partial charge in [-0.15, -0.1) is 0 Å². The van der Waals surface area contributed by atoms with Crippen LogP contribution in [0.5, 0.6) is 29.0 Å². The number of pyridine rings is 2. The van der Waals surface area contributed by atoms with E-state index in [0.717, 1.165) is 43.2 Å². The summed E-state index contributed by atoms with van der Waals surface area (Å²) in [5, 5.41) is -0.238. The number of hydrogen-bond acceptors (Lipinski definition) is 10. The zero-order chi connectivity index (χ0) is 51.4. The SMILES string of the molecule is COCCCOc1ccnc(Oc2ccc3c(c2)c(=O)ncn3Cc2c(F)cc(F)cc2F)c1C(F)(F)F.O=c1cc[nH]c(Oc2ccc3c(c2)c(=O)ncn3Cc2c(F)cc(F)cc2F)c1C(F)(F)F. The molecule has 0 bridgehead atoms. The van der Waals surface area contributed by atoms with E-state index in [2.05, 4.69) is 19.9 Å². The molecule has 0 atom stereocenters. The number of fused-ring (bicyclic) bond motifs is 2. The summed E-state index contributed by atoms with van der Waals surface area (Å²) < 4.78 is 187. The maximum atomic E-state index is 14.2. The van der Waals surface area contributed by atoms with Gasteiger partial charge in [0.05, 0.1) is 54.2 Å². The van der Waals surface area contributed by atoms with Gasteiger partial charge < -0.3 is 33.1 Å². The van der Waals surface area contributed by atoms with Crippen molar-refractivity contribution in [3.8, 4) is 29.0 Å². The number of alkyl halides is 6. The molecule has 0 spiro atoms. The second-order valence-electron chi connectivity index (χ2n) is 14.8. The number of hydrogen-bond donors (Lipinski definition) is 1. The highest BCUT2D eigenvalue weighted by Gasteiger charge is 2.40. The molecule has 370 valence electrons. The van der Waals surface area contributed by atoms with Crippen LogP contribution in [0.25, 0.3) is 21.8 Å². The average molecular weight is 1010 g/mol. The molecule has 0 fully saturated rings. The second-order valence-corrected chi connectivity index (χ2v) is 14.8. The zero-order valence-electron chi connectivity index (χ0n) is 35.9. The van der Waals surface area contributed by atoms with Crippen molar-refractivity contribution in [2.45, 2.75) is 31.9 Å². The summed E-state index contributed by atoms with van der Waals surface area (Å²) in [6.45, 7) is -0.647. The standard InChI is InChI=1S/C25H19F6N3O4.C21H11F6N3O3/c1-36-7-2-8-37-21-5-6-32-24(22(21)25(29,30)31)38-15-3-4-20-16(11-15)23(35)33-13-34(20)12-17-18(27)9-14(26)10-19(17)28;22-10-5-14(23)13(15(24)6-10)8-30-9-29-19(32)12-7-11(1-2-16(12)30)33-20-18(21(25,26)27)17(31)3-4-28-20/h3-6,9-11,13H,2,7-8,12H2,1H3;1-7,9H,8H2,(H,28,31). The smallest absolute Gasteiger partial charge is 0.425 e. The Kier molecular flexibility index (Phi) is 14.8. The van der Waals surface area contributed by atoms with Crippen molar-refractivity contribution in [1.82, 2.24) is 29.1 Å². The van der Waals surface area contributed by atoms with Gasteiger partial charge in [0.1, 0.15) is 52.2 Å². The molecule has 0 radical (unpaired) electrons. The third-order valence-electron chi connectivity index (χ3n) is 10.1. The summed E-state index contributed by atoms with van der Waals surface area (Å²) in [5.41, 5.74) is -6.35. The Bertz CT molecular complexity index is 3430. The summed E-state index contributed by atoms with van der Waals surface area (Å²) in [4.78, 5) is 49.5. The Labute approximate surface area is 389 Å². The summed E-state index contributed by atoms with van der Waals surface area (Å²) in [6.07, 6.45) is -5.42. The summed E-state index contributed by atoms with van der Waals surface area (Å²) in [6, 6.07) is 11.0. The molecule has 0 aliphatic rings. The van der Waals surface area contributed by atoms with E-state index in [-0.39, 0.29) is 39.9 Å². The van der Waals surface area contributed by atoms with Crippen LogP contribution >= 0.6 is 0 Å². The quantitative estimate of drug-likeness (QED) is 0.0873. The van der Waals surface area contributed by atoms with E-state index < -0.39 is 117 Å². The molecule has 4 aromatic heterocycles. The van der Waals surface area contributed by atoms with Gasteiger partial charge in [0.2, 0.25) is 11.8 Å². The van der Waals surface area contributed by atoms with Gasteiger partial charge in [-0.05, 0) is 42.5 Å². The summed E-state index contributed by atoms with van der Waals surface area (Å²) in [7, 11) is 1.45. The van der Waals surface area contributed by atoms with E-state index in [0.29, 0.717) is 43.4 Å². The molecule has 0 unspecified atom stereocenters. The fourth-order valence-electron chi connectivity index (χ4n) is 6.86. The molecule has 4 heterocycles. The number of rotatable bonds is 13. The lowest BCUT2D eigenvalue weighted by Crippen LogP contribution is -2.20. The molecule has 1 N–H and O–H groups in total. The zero-order valence-corrected chi connectivity index (χ0v) is 35.9. The predicted molar refractivity (Wildman–Crippen MR) is 226 cm³/mol. The molecule has 8 rings (SSSR count). The highest BCUT2D eigenvalue weighted by molar-refractivity contribution is 5.80. The first-order valence-corrected chi connectivity index (χ1v) is 20.2. The maximum Gasteiger partial charge on any atom is 0.425 e.